The molecule has 1 aromatic heterocycles. The lowest BCUT2D eigenvalue weighted by atomic mass is 10.1. The smallest absolute Gasteiger partial charge is 0.201 e. The number of fused-ring (bicyclic) bond motifs is 1. The highest BCUT2D eigenvalue weighted by molar-refractivity contribution is 5.41. The molecular formula is C12H13N3O. The third-order valence-electron chi connectivity index (χ3n) is 2.89. The largest absolute Gasteiger partial charge is 0.491 e. The number of rotatable bonds is 1. The average molecular weight is 215 g/mol. The molecule has 1 unspecified atom stereocenters. The van der Waals surface area contributed by atoms with E-state index in [1.54, 1.807) is 0 Å². The Morgan fingerprint density at radius 3 is 3.00 bits per heavy atom. The molecule has 2 aromatic rings. The van der Waals surface area contributed by atoms with Crippen molar-refractivity contribution >= 4 is 5.95 Å². The molecule has 1 aliphatic rings. The van der Waals surface area contributed by atoms with Crippen LogP contribution in [0.5, 0.6) is 5.75 Å². The fourth-order valence-electron chi connectivity index (χ4n) is 2.16. The molecule has 82 valence electrons. The van der Waals surface area contributed by atoms with Crippen LogP contribution in [0.2, 0.25) is 0 Å². The molecule has 1 atom stereocenters. The number of nitrogens with two attached hydrogens (primary N) is 1. The van der Waals surface area contributed by atoms with Crippen LogP contribution in [0.3, 0.4) is 0 Å². The highest BCUT2D eigenvalue weighted by atomic mass is 16.5. The van der Waals surface area contributed by atoms with Gasteiger partial charge in [0.05, 0.1) is 11.7 Å². The number of anilines is 1. The molecule has 0 aliphatic carbocycles. The number of nitrogens with zero attached hydrogens (tertiary/aromatic N) is 2. The topological polar surface area (TPSA) is 53.1 Å². The second-order valence-electron chi connectivity index (χ2n) is 4.01. The number of hydrogen-bond donors (Lipinski definition) is 1. The standard InChI is InChI=1S/C12H13N3O/c1-8-6-15(12(13)14-8)10-7-16-11-5-3-2-4-9(10)11/h2-6,10H,7H2,1H3,(H2,13,14). The first-order valence-electron chi connectivity index (χ1n) is 5.28. The SMILES string of the molecule is Cc1cn(C2COc3ccccc32)c(N)n1. The number of aromatic nitrogens is 2. The molecule has 0 amide bonds. The lowest BCUT2D eigenvalue weighted by Crippen LogP contribution is -2.13. The Morgan fingerprint density at radius 1 is 1.44 bits per heavy atom. The van der Waals surface area contributed by atoms with Gasteiger partial charge in [0.15, 0.2) is 0 Å². The normalized spacial score (nSPS) is 18.2. The van der Waals surface area contributed by atoms with E-state index in [4.69, 9.17) is 10.5 Å². The van der Waals surface area contributed by atoms with Gasteiger partial charge in [-0.1, -0.05) is 18.2 Å². The lowest BCUT2D eigenvalue weighted by Gasteiger charge is -2.11. The number of aryl methyl sites for hydroxylation is 1. The minimum absolute atomic E-state index is 0.150. The predicted molar refractivity (Wildman–Crippen MR) is 61.5 cm³/mol. The zero-order valence-corrected chi connectivity index (χ0v) is 9.05. The molecular weight excluding hydrogens is 202 g/mol. The minimum Gasteiger partial charge on any atom is -0.491 e. The molecule has 0 spiro atoms. The fraction of sp³-hybridized carbons (Fsp3) is 0.250. The van der Waals surface area contributed by atoms with Crippen molar-refractivity contribution in [3.63, 3.8) is 0 Å². The van der Waals surface area contributed by atoms with Crippen LogP contribution >= 0.6 is 0 Å². The van der Waals surface area contributed by atoms with E-state index < -0.39 is 0 Å². The number of nitrogen functional groups attached to an aromatic ring is 1. The molecule has 2 heterocycles. The van der Waals surface area contributed by atoms with Crippen molar-refractivity contribution < 1.29 is 4.74 Å². The second kappa shape index (κ2) is 3.27. The van der Waals surface area contributed by atoms with Crippen LogP contribution in [0.25, 0.3) is 0 Å². The Hall–Kier alpha value is -1.97. The Kier molecular flexibility index (Phi) is 1.89. The van der Waals surface area contributed by atoms with Crippen molar-refractivity contribution in [3.8, 4) is 5.75 Å². The summed E-state index contributed by atoms with van der Waals surface area (Å²) in [5.74, 6) is 1.49. The molecule has 1 aromatic carbocycles. The summed E-state index contributed by atoms with van der Waals surface area (Å²) in [5, 5.41) is 0. The van der Waals surface area contributed by atoms with Crippen molar-refractivity contribution in [1.29, 1.82) is 0 Å². The van der Waals surface area contributed by atoms with Crippen LogP contribution in [0.15, 0.2) is 30.5 Å². The number of ether oxygens (including phenoxy) is 1. The molecule has 0 bridgehead atoms. The van der Waals surface area contributed by atoms with Gasteiger partial charge in [0.2, 0.25) is 5.95 Å². The summed E-state index contributed by atoms with van der Waals surface area (Å²) in [6, 6.07) is 8.19. The summed E-state index contributed by atoms with van der Waals surface area (Å²) in [6.07, 6.45) is 1.96. The molecule has 0 saturated heterocycles. The van der Waals surface area contributed by atoms with Gasteiger partial charge in [0.1, 0.15) is 12.4 Å². The number of imidazole rings is 1. The van der Waals surface area contributed by atoms with Crippen molar-refractivity contribution in [2.45, 2.75) is 13.0 Å². The second-order valence-corrected chi connectivity index (χ2v) is 4.01. The summed E-state index contributed by atoms with van der Waals surface area (Å²) in [5.41, 5.74) is 7.98. The van der Waals surface area contributed by atoms with E-state index in [9.17, 15) is 0 Å². The summed E-state index contributed by atoms with van der Waals surface area (Å²) in [6.45, 7) is 2.56. The van der Waals surface area contributed by atoms with Crippen LogP contribution in [-0.4, -0.2) is 16.2 Å². The van der Waals surface area contributed by atoms with E-state index in [2.05, 4.69) is 11.1 Å². The van der Waals surface area contributed by atoms with Gasteiger partial charge in [-0.25, -0.2) is 4.98 Å². The van der Waals surface area contributed by atoms with Crippen molar-refractivity contribution in [2.24, 2.45) is 0 Å². The van der Waals surface area contributed by atoms with Crippen LogP contribution in [0, 0.1) is 6.92 Å². The van der Waals surface area contributed by atoms with Gasteiger partial charge in [0, 0.05) is 11.8 Å². The number of benzene rings is 1. The first-order chi connectivity index (χ1) is 7.75. The van der Waals surface area contributed by atoms with Gasteiger partial charge >= 0.3 is 0 Å². The van der Waals surface area contributed by atoms with Gasteiger partial charge in [-0.2, -0.15) is 0 Å². The Bertz CT molecular complexity index is 533. The Balaban J connectivity index is 2.08. The first kappa shape index (κ1) is 9.27. The highest BCUT2D eigenvalue weighted by Crippen LogP contribution is 2.35. The first-order valence-corrected chi connectivity index (χ1v) is 5.28. The molecule has 4 nitrogen and oxygen atoms in total. The monoisotopic (exact) mass is 215 g/mol. The third kappa shape index (κ3) is 1.26. The van der Waals surface area contributed by atoms with Gasteiger partial charge in [-0.15, -0.1) is 0 Å². The highest BCUT2D eigenvalue weighted by Gasteiger charge is 2.26. The zero-order chi connectivity index (χ0) is 11.1. The maximum absolute atomic E-state index is 5.87. The molecule has 1 aliphatic heterocycles. The average Bonchev–Trinajstić information content (AvgIpc) is 2.81. The zero-order valence-electron chi connectivity index (χ0n) is 9.05. The van der Waals surface area contributed by atoms with Crippen LogP contribution in [-0.2, 0) is 0 Å². The predicted octanol–water partition coefficient (Wildman–Crippen LogP) is 1.76. The minimum atomic E-state index is 0.150. The summed E-state index contributed by atoms with van der Waals surface area (Å²) in [4.78, 5) is 4.21. The number of para-hydroxylation sites is 1. The molecule has 0 saturated carbocycles. The van der Waals surface area contributed by atoms with Crippen molar-refractivity contribution in [1.82, 2.24) is 9.55 Å². The van der Waals surface area contributed by atoms with Crippen molar-refractivity contribution in [3.05, 3.63) is 41.7 Å². The summed E-state index contributed by atoms with van der Waals surface area (Å²) in [7, 11) is 0. The molecule has 2 N–H and O–H groups in total. The third-order valence-corrected chi connectivity index (χ3v) is 2.89. The molecule has 4 heteroatoms. The molecule has 3 rings (SSSR count). The van der Waals surface area contributed by atoms with Crippen LogP contribution in [0.4, 0.5) is 5.95 Å². The molecule has 0 fully saturated rings. The maximum Gasteiger partial charge on any atom is 0.201 e. The fourth-order valence-corrected chi connectivity index (χ4v) is 2.16. The van der Waals surface area contributed by atoms with Gasteiger partial charge < -0.3 is 15.0 Å². The summed E-state index contributed by atoms with van der Waals surface area (Å²) >= 11 is 0. The quantitative estimate of drug-likeness (QED) is 0.788. The van der Waals surface area contributed by atoms with Crippen molar-refractivity contribution in [2.75, 3.05) is 12.3 Å². The van der Waals surface area contributed by atoms with E-state index in [0.29, 0.717) is 12.6 Å². The lowest BCUT2D eigenvalue weighted by molar-refractivity contribution is 0.318. The van der Waals surface area contributed by atoms with Gasteiger partial charge in [0.25, 0.3) is 0 Å². The van der Waals surface area contributed by atoms with Crippen LogP contribution in [0.1, 0.15) is 17.3 Å². The van der Waals surface area contributed by atoms with E-state index in [-0.39, 0.29) is 6.04 Å². The van der Waals surface area contributed by atoms with E-state index >= 15 is 0 Å². The van der Waals surface area contributed by atoms with E-state index in [0.717, 1.165) is 11.4 Å². The summed E-state index contributed by atoms with van der Waals surface area (Å²) < 4.78 is 7.60. The van der Waals surface area contributed by atoms with Gasteiger partial charge in [-0.3, -0.25) is 0 Å². The van der Waals surface area contributed by atoms with Crippen LogP contribution < -0.4 is 10.5 Å². The van der Waals surface area contributed by atoms with Gasteiger partial charge in [-0.05, 0) is 13.0 Å². The molecule has 16 heavy (non-hydrogen) atoms. The van der Waals surface area contributed by atoms with E-state index in [1.807, 2.05) is 35.9 Å². The Labute approximate surface area is 93.7 Å². The molecule has 0 radical (unpaired) electrons. The van der Waals surface area contributed by atoms with E-state index in [1.165, 1.54) is 5.56 Å². The Morgan fingerprint density at radius 2 is 2.25 bits per heavy atom. The maximum atomic E-state index is 5.87. The number of hydrogen-bond acceptors (Lipinski definition) is 3.